The van der Waals surface area contributed by atoms with Gasteiger partial charge in [0.25, 0.3) is 0 Å². The first kappa shape index (κ1) is 12.2. The molecule has 1 heterocycles. The molecule has 1 amide bonds. The molecule has 4 saturated carbocycles. The van der Waals surface area contributed by atoms with E-state index < -0.39 is 0 Å². The van der Waals surface area contributed by atoms with Gasteiger partial charge in [0, 0.05) is 19.5 Å². The highest BCUT2D eigenvalue weighted by Crippen LogP contribution is 2.60. The highest BCUT2D eigenvalue weighted by Gasteiger charge is 2.52. The van der Waals surface area contributed by atoms with Gasteiger partial charge in [-0.15, -0.1) is 0 Å². The van der Waals surface area contributed by atoms with Crippen LogP contribution in [0.1, 0.15) is 44.9 Å². The molecular weight excluding hydrogens is 236 g/mol. The molecule has 106 valence electrons. The van der Waals surface area contributed by atoms with Crippen molar-refractivity contribution < 1.29 is 4.79 Å². The first-order valence-electron chi connectivity index (χ1n) is 8.14. The zero-order valence-electron chi connectivity index (χ0n) is 11.8. The summed E-state index contributed by atoms with van der Waals surface area (Å²) in [4.78, 5) is 14.3. The minimum absolute atomic E-state index is 0.367. The van der Waals surface area contributed by atoms with Crippen LogP contribution in [0, 0.1) is 29.1 Å². The van der Waals surface area contributed by atoms with Gasteiger partial charge in [0.2, 0.25) is 5.91 Å². The fraction of sp³-hybridized carbons (Fsp3) is 0.938. The van der Waals surface area contributed by atoms with Crippen molar-refractivity contribution in [2.24, 2.45) is 34.8 Å². The van der Waals surface area contributed by atoms with Crippen LogP contribution in [0.15, 0.2) is 0 Å². The van der Waals surface area contributed by atoms with Gasteiger partial charge in [-0.05, 0) is 74.2 Å². The second kappa shape index (κ2) is 4.21. The molecule has 3 nitrogen and oxygen atoms in total. The number of hydrogen-bond acceptors (Lipinski definition) is 2. The summed E-state index contributed by atoms with van der Waals surface area (Å²) in [5.74, 6) is 3.73. The Morgan fingerprint density at radius 2 is 1.68 bits per heavy atom. The van der Waals surface area contributed by atoms with Crippen LogP contribution >= 0.6 is 0 Å². The molecule has 1 saturated heterocycles. The molecule has 2 N–H and O–H groups in total. The minimum Gasteiger partial charge on any atom is -0.342 e. The summed E-state index contributed by atoms with van der Waals surface area (Å²) in [7, 11) is 0. The molecule has 4 bridgehead atoms. The van der Waals surface area contributed by atoms with E-state index in [1.807, 2.05) is 0 Å². The van der Waals surface area contributed by atoms with Crippen LogP contribution in [0.2, 0.25) is 0 Å². The van der Waals surface area contributed by atoms with E-state index in [0.717, 1.165) is 30.8 Å². The van der Waals surface area contributed by atoms with E-state index in [0.29, 0.717) is 30.2 Å². The summed E-state index contributed by atoms with van der Waals surface area (Å²) in [6.07, 6.45) is 9.35. The minimum atomic E-state index is 0.367. The molecule has 5 fully saturated rings. The molecule has 3 heteroatoms. The lowest BCUT2D eigenvalue weighted by Crippen LogP contribution is -2.51. The van der Waals surface area contributed by atoms with Crippen molar-refractivity contribution in [3.63, 3.8) is 0 Å². The molecule has 0 radical (unpaired) electrons. The monoisotopic (exact) mass is 262 g/mol. The average Bonchev–Trinajstić information content (AvgIpc) is 2.67. The smallest absolute Gasteiger partial charge is 0.222 e. The van der Waals surface area contributed by atoms with Gasteiger partial charge in [-0.25, -0.2) is 0 Å². The van der Waals surface area contributed by atoms with Crippen molar-refractivity contribution in [2.45, 2.75) is 44.9 Å². The van der Waals surface area contributed by atoms with Crippen LogP contribution < -0.4 is 5.73 Å². The number of rotatable bonds is 3. The molecule has 1 unspecified atom stereocenters. The topological polar surface area (TPSA) is 46.3 Å². The van der Waals surface area contributed by atoms with Crippen LogP contribution in [-0.4, -0.2) is 30.4 Å². The molecule has 1 atom stereocenters. The van der Waals surface area contributed by atoms with Crippen molar-refractivity contribution in [1.82, 2.24) is 4.90 Å². The number of hydrogen-bond donors (Lipinski definition) is 1. The number of nitrogens with zero attached hydrogens (tertiary/aromatic N) is 1. The summed E-state index contributed by atoms with van der Waals surface area (Å²) < 4.78 is 0. The summed E-state index contributed by atoms with van der Waals surface area (Å²) >= 11 is 0. The van der Waals surface area contributed by atoms with Crippen molar-refractivity contribution >= 4 is 5.91 Å². The predicted octanol–water partition coefficient (Wildman–Crippen LogP) is 2.01. The Labute approximate surface area is 115 Å². The molecule has 1 aliphatic heterocycles. The highest BCUT2D eigenvalue weighted by molar-refractivity contribution is 5.78. The number of carbonyl (C=O) groups is 1. The van der Waals surface area contributed by atoms with E-state index in [1.54, 1.807) is 0 Å². The predicted molar refractivity (Wildman–Crippen MR) is 74.3 cm³/mol. The quantitative estimate of drug-likeness (QED) is 0.845. The molecule has 0 aromatic rings. The van der Waals surface area contributed by atoms with Gasteiger partial charge >= 0.3 is 0 Å². The molecule has 5 rings (SSSR count). The molecule has 19 heavy (non-hydrogen) atoms. The Balaban J connectivity index is 1.49. The molecular formula is C16H26N2O. The van der Waals surface area contributed by atoms with Crippen LogP contribution in [0.3, 0.4) is 0 Å². The third-order valence-corrected chi connectivity index (χ3v) is 6.32. The normalized spacial score (nSPS) is 48.3. The van der Waals surface area contributed by atoms with E-state index in [9.17, 15) is 4.79 Å². The van der Waals surface area contributed by atoms with Gasteiger partial charge in [0.1, 0.15) is 0 Å². The van der Waals surface area contributed by atoms with Crippen molar-refractivity contribution in [3.05, 3.63) is 0 Å². The number of carbonyl (C=O) groups excluding carboxylic acids is 1. The average molecular weight is 262 g/mol. The maximum Gasteiger partial charge on any atom is 0.222 e. The zero-order valence-corrected chi connectivity index (χ0v) is 11.8. The van der Waals surface area contributed by atoms with Gasteiger partial charge < -0.3 is 10.6 Å². The molecule has 0 aromatic heterocycles. The first-order chi connectivity index (χ1) is 9.16. The van der Waals surface area contributed by atoms with Crippen molar-refractivity contribution in [3.8, 4) is 0 Å². The van der Waals surface area contributed by atoms with Gasteiger partial charge in [0.15, 0.2) is 0 Å². The van der Waals surface area contributed by atoms with Crippen LogP contribution in [-0.2, 0) is 4.79 Å². The van der Waals surface area contributed by atoms with E-state index in [1.165, 1.54) is 38.5 Å². The Morgan fingerprint density at radius 3 is 2.16 bits per heavy atom. The Hall–Kier alpha value is -0.570. The SMILES string of the molecule is NCC1CC(=O)N(CC23CC4CC(CC(C4)C2)C3)C1. The highest BCUT2D eigenvalue weighted by atomic mass is 16.2. The number of likely N-dealkylation sites (tertiary alicyclic amines) is 1. The summed E-state index contributed by atoms with van der Waals surface area (Å²) in [5.41, 5.74) is 6.23. The third-order valence-electron chi connectivity index (χ3n) is 6.32. The summed E-state index contributed by atoms with van der Waals surface area (Å²) in [6.45, 7) is 2.64. The molecule has 5 aliphatic rings. The Kier molecular flexibility index (Phi) is 2.70. The fourth-order valence-corrected chi connectivity index (χ4v) is 6.05. The standard InChI is InChI=1S/C16H26N2O/c17-8-14-4-15(19)18(9-14)10-16-5-11-1-12(6-16)3-13(2-11)7-16/h11-14H,1-10,17H2. The molecule has 0 spiro atoms. The van der Waals surface area contributed by atoms with E-state index >= 15 is 0 Å². The fourth-order valence-electron chi connectivity index (χ4n) is 6.05. The van der Waals surface area contributed by atoms with Crippen LogP contribution in [0.5, 0.6) is 0 Å². The lowest BCUT2D eigenvalue weighted by atomic mass is 9.49. The van der Waals surface area contributed by atoms with Gasteiger partial charge in [-0.2, -0.15) is 0 Å². The number of nitrogens with two attached hydrogens (primary N) is 1. The Bertz CT molecular complexity index is 357. The van der Waals surface area contributed by atoms with Crippen molar-refractivity contribution in [2.75, 3.05) is 19.6 Å². The Morgan fingerprint density at radius 1 is 1.11 bits per heavy atom. The van der Waals surface area contributed by atoms with E-state index in [4.69, 9.17) is 5.73 Å². The summed E-state index contributed by atoms with van der Waals surface area (Å²) in [5, 5.41) is 0. The maximum atomic E-state index is 12.1. The maximum absolute atomic E-state index is 12.1. The second-order valence-corrected chi connectivity index (χ2v) is 8.00. The van der Waals surface area contributed by atoms with Gasteiger partial charge in [-0.1, -0.05) is 0 Å². The summed E-state index contributed by atoms with van der Waals surface area (Å²) in [6, 6.07) is 0. The van der Waals surface area contributed by atoms with Crippen LogP contribution in [0.4, 0.5) is 0 Å². The lowest BCUT2D eigenvalue weighted by Gasteiger charge is -2.57. The molecule has 0 aromatic carbocycles. The van der Waals surface area contributed by atoms with E-state index in [2.05, 4.69) is 4.90 Å². The zero-order chi connectivity index (χ0) is 13.0. The first-order valence-corrected chi connectivity index (χ1v) is 8.14. The van der Waals surface area contributed by atoms with Gasteiger partial charge in [-0.3, -0.25) is 4.79 Å². The second-order valence-electron chi connectivity index (χ2n) is 8.00. The third kappa shape index (κ3) is 2.01. The van der Waals surface area contributed by atoms with E-state index in [-0.39, 0.29) is 0 Å². The van der Waals surface area contributed by atoms with Crippen LogP contribution in [0.25, 0.3) is 0 Å². The largest absolute Gasteiger partial charge is 0.342 e. The lowest BCUT2D eigenvalue weighted by molar-refractivity contribution is -0.133. The molecule has 4 aliphatic carbocycles. The van der Waals surface area contributed by atoms with Gasteiger partial charge in [0.05, 0.1) is 0 Å². The van der Waals surface area contributed by atoms with Crippen molar-refractivity contribution in [1.29, 1.82) is 0 Å². The number of amides is 1.